The number of carbonyl (C=O) groups excluding carboxylic acids is 1. The molecule has 1 saturated heterocycles. The SMILES string of the molecule is Cc1nc(SCC(=O)N2CCN(c3ncccn3)CC2)n(C2CCCC2)c1C. The predicted octanol–water partition coefficient (Wildman–Crippen LogP) is 2.85. The summed E-state index contributed by atoms with van der Waals surface area (Å²) in [5.41, 5.74) is 2.33. The highest BCUT2D eigenvalue weighted by Gasteiger charge is 2.26. The first-order chi connectivity index (χ1) is 13.6. The van der Waals surface area contributed by atoms with E-state index in [0.717, 1.165) is 29.9 Å². The van der Waals surface area contributed by atoms with Gasteiger partial charge in [-0.25, -0.2) is 15.0 Å². The smallest absolute Gasteiger partial charge is 0.233 e. The molecule has 2 fully saturated rings. The summed E-state index contributed by atoms with van der Waals surface area (Å²) in [5, 5.41) is 1.01. The van der Waals surface area contributed by atoms with Crippen LogP contribution in [0.2, 0.25) is 0 Å². The summed E-state index contributed by atoms with van der Waals surface area (Å²) in [7, 11) is 0. The molecule has 2 aromatic heterocycles. The van der Waals surface area contributed by atoms with Gasteiger partial charge in [-0.3, -0.25) is 4.79 Å². The monoisotopic (exact) mass is 400 g/mol. The van der Waals surface area contributed by atoms with Gasteiger partial charge in [0.25, 0.3) is 0 Å². The highest BCUT2D eigenvalue weighted by Crippen LogP contribution is 2.35. The average molecular weight is 401 g/mol. The lowest BCUT2D eigenvalue weighted by Crippen LogP contribution is -2.49. The van der Waals surface area contributed by atoms with Gasteiger partial charge < -0.3 is 14.4 Å². The number of nitrogens with zero attached hydrogens (tertiary/aromatic N) is 6. The number of amides is 1. The fourth-order valence-corrected chi connectivity index (χ4v) is 5.18. The number of hydrogen-bond acceptors (Lipinski definition) is 6. The van der Waals surface area contributed by atoms with Gasteiger partial charge in [0.05, 0.1) is 11.4 Å². The first-order valence-corrected chi connectivity index (χ1v) is 11.1. The molecule has 0 atom stereocenters. The molecule has 150 valence electrons. The Bertz CT molecular complexity index is 810. The molecule has 0 N–H and O–H groups in total. The van der Waals surface area contributed by atoms with E-state index in [2.05, 4.69) is 33.3 Å². The number of thioether (sulfide) groups is 1. The molecule has 4 rings (SSSR count). The van der Waals surface area contributed by atoms with E-state index in [1.165, 1.54) is 31.4 Å². The van der Waals surface area contributed by atoms with Gasteiger partial charge in [-0.2, -0.15) is 0 Å². The van der Waals surface area contributed by atoms with Crippen LogP contribution in [0.5, 0.6) is 0 Å². The van der Waals surface area contributed by atoms with Crippen molar-refractivity contribution in [3.63, 3.8) is 0 Å². The van der Waals surface area contributed by atoms with Crippen LogP contribution in [0.15, 0.2) is 23.6 Å². The molecular formula is C20H28N6OS. The number of imidazole rings is 1. The van der Waals surface area contributed by atoms with E-state index in [9.17, 15) is 4.79 Å². The fraction of sp³-hybridized carbons (Fsp3) is 0.600. The first-order valence-electron chi connectivity index (χ1n) is 10.1. The van der Waals surface area contributed by atoms with Crippen molar-refractivity contribution in [2.75, 3.05) is 36.8 Å². The Morgan fingerprint density at radius 1 is 1.11 bits per heavy atom. The molecule has 3 heterocycles. The van der Waals surface area contributed by atoms with Gasteiger partial charge in [-0.15, -0.1) is 0 Å². The molecule has 1 saturated carbocycles. The Kier molecular flexibility index (Phi) is 5.85. The van der Waals surface area contributed by atoms with Gasteiger partial charge in [0, 0.05) is 50.3 Å². The maximum Gasteiger partial charge on any atom is 0.233 e. The summed E-state index contributed by atoms with van der Waals surface area (Å²) in [6.07, 6.45) is 8.54. The third kappa shape index (κ3) is 4.01. The predicted molar refractivity (Wildman–Crippen MR) is 111 cm³/mol. The van der Waals surface area contributed by atoms with Crippen molar-refractivity contribution in [2.45, 2.75) is 50.7 Å². The number of rotatable bonds is 5. The number of hydrogen-bond donors (Lipinski definition) is 0. The minimum absolute atomic E-state index is 0.190. The molecule has 0 radical (unpaired) electrons. The molecule has 1 aliphatic carbocycles. The molecule has 7 nitrogen and oxygen atoms in total. The van der Waals surface area contributed by atoms with Gasteiger partial charge in [-0.1, -0.05) is 24.6 Å². The van der Waals surface area contributed by atoms with E-state index in [0.29, 0.717) is 24.9 Å². The second-order valence-corrected chi connectivity index (χ2v) is 8.52. The molecule has 2 aliphatic rings. The summed E-state index contributed by atoms with van der Waals surface area (Å²) in [4.78, 5) is 30.2. The van der Waals surface area contributed by atoms with Crippen LogP contribution in [-0.2, 0) is 4.79 Å². The third-order valence-corrected chi connectivity index (χ3v) is 6.77. The number of anilines is 1. The first kappa shape index (κ1) is 19.2. The maximum atomic E-state index is 12.8. The van der Waals surface area contributed by atoms with Gasteiger partial charge in [0.1, 0.15) is 0 Å². The number of aromatic nitrogens is 4. The minimum Gasteiger partial charge on any atom is -0.338 e. The van der Waals surface area contributed by atoms with E-state index in [4.69, 9.17) is 4.98 Å². The van der Waals surface area contributed by atoms with Crippen molar-refractivity contribution < 1.29 is 4.79 Å². The standard InChI is InChI=1S/C20H28N6OS/c1-15-16(2)26(17-6-3-4-7-17)20(23-15)28-14-18(27)24-10-12-25(13-11-24)19-21-8-5-9-22-19/h5,8-9,17H,3-4,6-7,10-14H2,1-2H3. The number of piperazine rings is 1. The Balaban J connectivity index is 1.34. The van der Waals surface area contributed by atoms with E-state index in [-0.39, 0.29) is 5.91 Å². The molecule has 0 bridgehead atoms. The van der Waals surface area contributed by atoms with Crippen molar-refractivity contribution in [1.82, 2.24) is 24.4 Å². The van der Waals surface area contributed by atoms with Crippen LogP contribution in [-0.4, -0.2) is 62.3 Å². The summed E-state index contributed by atoms with van der Waals surface area (Å²) in [5.74, 6) is 1.38. The molecule has 28 heavy (non-hydrogen) atoms. The Morgan fingerprint density at radius 2 is 1.79 bits per heavy atom. The summed E-state index contributed by atoms with van der Waals surface area (Å²) >= 11 is 1.59. The van der Waals surface area contributed by atoms with Gasteiger partial charge >= 0.3 is 0 Å². The molecule has 0 unspecified atom stereocenters. The lowest BCUT2D eigenvalue weighted by atomic mass is 10.2. The van der Waals surface area contributed by atoms with Gasteiger partial charge in [-0.05, 0) is 32.8 Å². The van der Waals surface area contributed by atoms with Crippen LogP contribution in [0, 0.1) is 13.8 Å². The van der Waals surface area contributed by atoms with Gasteiger partial charge in [0.2, 0.25) is 11.9 Å². The fourth-order valence-electron chi connectivity index (χ4n) is 4.12. The largest absolute Gasteiger partial charge is 0.338 e. The van der Waals surface area contributed by atoms with Crippen molar-refractivity contribution >= 4 is 23.6 Å². The summed E-state index contributed by atoms with van der Waals surface area (Å²) < 4.78 is 2.38. The lowest BCUT2D eigenvalue weighted by Gasteiger charge is -2.34. The Morgan fingerprint density at radius 3 is 2.46 bits per heavy atom. The molecular weight excluding hydrogens is 372 g/mol. The normalized spacial score (nSPS) is 18.1. The number of carbonyl (C=O) groups is 1. The van der Waals surface area contributed by atoms with Crippen molar-refractivity contribution in [2.24, 2.45) is 0 Å². The van der Waals surface area contributed by atoms with Crippen molar-refractivity contribution in [3.05, 3.63) is 29.8 Å². The van der Waals surface area contributed by atoms with Crippen LogP contribution in [0.1, 0.15) is 43.1 Å². The van der Waals surface area contributed by atoms with E-state index in [1.54, 1.807) is 24.2 Å². The second-order valence-electron chi connectivity index (χ2n) is 7.58. The summed E-state index contributed by atoms with van der Waals surface area (Å²) in [6.45, 7) is 7.19. The van der Waals surface area contributed by atoms with Crippen LogP contribution in [0.4, 0.5) is 5.95 Å². The van der Waals surface area contributed by atoms with Crippen molar-refractivity contribution in [3.8, 4) is 0 Å². The van der Waals surface area contributed by atoms with Crippen LogP contribution >= 0.6 is 11.8 Å². The quantitative estimate of drug-likeness (QED) is 0.719. The Labute approximate surface area is 170 Å². The lowest BCUT2D eigenvalue weighted by molar-refractivity contribution is -0.128. The number of aryl methyl sites for hydroxylation is 1. The van der Waals surface area contributed by atoms with Crippen LogP contribution in [0.25, 0.3) is 0 Å². The van der Waals surface area contributed by atoms with E-state index >= 15 is 0 Å². The highest BCUT2D eigenvalue weighted by atomic mass is 32.2. The zero-order valence-corrected chi connectivity index (χ0v) is 17.5. The molecule has 8 heteroatoms. The molecule has 2 aromatic rings. The average Bonchev–Trinajstić information content (AvgIpc) is 3.35. The zero-order valence-electron chi connectivity index (χ0n) is 16.7. The summed E-state index contributed by atoms with van der Waals surface area (Å²) in [6, 6.07) is 2.37. The Hall–Kier alpha value is -2.09. The molecule has 0 aromatic carbocycles. The molecule has 0 spiro atoms. The minimum atomic E-state index is 0.190. The third-order valence-electron chi connectivity index (χ3n) is 5.84. The van der Waals surface area contributed by atoms with Crippen molar-refractivity contribution in [1.29, 1.82) is 0 Å². The van der Waals surface area contributed by atoms with E-state index < -0.39 is 0 Å². The maximum absolute atomic E-state index is 12.8. The molecule has 1 amide bonds. The molecule has 1 aliphatic heterocycles. The topological polar surface area (TPSA) is 67.2 Å². The zero-order chi connectivity index (χ0) is 19.5. The van der Waals surface area contributed by atoms with E-state index in [1.807, 2.05) is 11.0 Å². The van der Waals surface area contributed by atoms with Gasteiger partial charge in [0.15, 0.2) is 5.16 Å². The van der Waals surface area contributed by atoms with Crippen LogP contribution in [0.3, 0.4) is 0 Å². The highest BCUT2D eigenvalue weighted by molar-refractivity contribution is 7.99. The van der Waals surface area contributed by atoms with Crippen LogP contribution < -0.4 is 4.90 Å². The second kappa shape index (κ2) is 8.51.